The first-order chi connectivity index (χ1) is 14.1. The van der Waals surface area contributed by atoms with Gasteiger partial charge in [-0.3, -0.25) is 9.59 Å². The van der Waals surface area contributed by atoms with Gasteiger partial charge in [0.05, 0.1) is 10.6 Å². The minimum Gasteiger partial charge on any atom is -0.342 e. The SMILES string of the molecule is Cc1cccc(C(=O)N2CCSC23CCN(C(=O)CSc2ccccc2)CC3)c1. The highest BCUT2D eigenvalue weighted by atomic mass is 32.2. The van der Waals surface area contributed by atoms with Crippen molar-refractivity contribution in [2.24, 2.45) is 0 Å². The third-order valence-electron chi connectivity index (χ3n) is 5.69. The minimum absolute atomic E-state index is 0.123. The third kappa shape index (κ3) is 4.48. The van der Waals surface area contributed by atoms with Gasteiger partial charge in [0.25, 0.3) is 5.91 Å². The molecule has 2 amide bonds. The van der Waals surface area contributed by atoms with Gasteiger partial charge in [-0.15, -0.1) is 23.5 Å². The van der Waals surface area contributed by atoms with Crippen molar-refractivity contribution in [1.29, 1.82) is 0 Å². The molecule has 0 aliphatic carbocycles. The van der Waals surface area contributed by atoms with Crippen LogP contribution in [0, 0.1) is 6.92 Å². The molecule has 0 unspecified atom stereocenters. The normalized spacial score (nSPS) is 18.2. The molecule has 2 aromatic rings. The lowest BCUT2D eigenvalue weighted by molar-refractivity contribution is -0.129. The summed E-state index contributed by atoms with van der Waals surface area (Å²) in [5.41, 5.74) is 1.87. The van der Waals surface area contributed by atoms with Crippen LogP contribution in [0.3, 0.4) is 0 Å². The van der Waals surface area contributed by atoms with Gasteiger partial charge in [0.1, 0.15) is 0 Å². The molecule has 0 aromatic heterocycles. The van der Waals surface area contributed by atoms with Crippen LogP contribution in [-0.2, 0) is 4.79 Å². The Hall–Kier alpha value is -1.92. The number of nitrogens with zero attached hydrogens (tertiary/aromatic N) is 2. The highest BCUT2D eigenvalue weighted by Crippen LogP contribution is 2.44. The average molecular weight is 427 g/mol. The summed E-state index contributed by atoms with van der Waals surface area (Å²) in [5.74, 6) is 1.75. The Bertz CT molecular complexity index is 879. The standard InChI is InChI=1S/C23H26N2O2S2/c1-18-6-5-7-19(16-18)22(27)25-14-15-29-23(25)10-12-24(13-11-23)21(26)17-28-20-8-3-2-4-9-20/h2-9,16H,10-15,17H2,1H3. The van der Waals surface area contributed by atoms with Gasteiger partial charge >= 0.3 is 0 Å². The van der Waals surface area contributed by atoms with Crippen LogP contribution in [0.5, 0.6) is 0 Å². The van der Waals surface area contributed by atoms with Crippen molar-refractivity contribution >= 4 is 35.3 Å². The largest absolute Gasteiger partial charge is 0.342 e. The third-order valence-corrected chi connectivity index (χ3v) is 8.24. The fourth-order valence-electron chi connectivity index (χ4n) is 4.10. The Morgan fingerprint density at radius 1 is 1.03 bits per heavy atom. The summed E-state index contributed by atoms with van der Waals surface area (Å²) in [6, 6.07) is 17.9. The van der Waals surface area contributed by atoms with Crippen molar-refractivity contribution in [3.8, 4) is 0 Å². The van der Waals surface area contributed by atoms with Crippen LogP contribution in [0.1, 0.15) is 28.8 Å². The number of hydrogen-bond acceptors (Lipinski definition) is 4. The lowest BCUT2D eigenvalue weighted by Crippen LogP contribution is -2.53. The molecule has 2 aliphatic heterocycles. The van der Waals surface area contributed by atoms with Crippen LogP contribution in [0.2, 0.25) is 0 Å². The summed E-state index contributed by atoms with van der Waals surface area (Å²) in [4.78, 5) is 30.8. The molecule has 2 heterocycles. The Balaban J connectivity index is 1.37. The lowest BCUT2D eigenvalue weighted by Gasteiger charge is -2.44. The number of aryl methyl sites for hydroxylation is 1. The van der Waals surface area contributed by atoms with Gasteiger partial charge in [0.15, 0.2) is 0 Å². The fraction of sp³-hybridized carbons (Fsp3) is 0.391. The zero-order valence-corrected chi connectivity index (χ0v) is 18.3. The Morgan fingerprint density at radius 2 is 1.79 bits per heavy atom. The van der Waals surface area contributed by atoms with Crippen LogP contribution in [0.15, 0.2) is 59.5 Å². The molecule has 0 radical (unpaired) electrons. The predicted octanol–water partition coefficient (Wildman–Crippen LogP) is 4.30. The molecule has 2 fully saturated rings. The molecule has 1 spiro atoms. The maximum absolute atomic E-state index is 13.2. The van der Waals surface area contributed by atoms with E-state index in [0.29, 0.717) is 5.75 Å². The quantitative estimate of drug-likeness (QED) is 0.684. The van der Waals surface area contributed by atoms with Crippen molar-refractivity contribution in [3.05, 3.63) is 65.7 Å². The van der Waals surface area contributed by atoms with Gasteiger partial charge in [-0.25, -0.2) is 0 Å². The van der Waals surface area contributed by atoms with Crippen LogP contribution in [-0.4, -0.2) is 57.6 Å². The zero-order valence-electron chi connectivity index (χ0n) is 16.7. The molecule has 2 aliphatic rings. The second kappa shape index (κ2) is 8.84. The number of benzene rings is 2. The van der Waals surface area contributed by atoms with Gasteiger partial charge in [-0.1, -0.05) is 35.9 Å². The van der Waals surface area contributed by atoms with Crippen molar-refractivity contribution < 1.29 is 9.59 Å². The maximum atomic E-state index is 13.2. The van der Waals surface area contributed by atoms with Gasteiger partial charge in [0.2, 0.25) is 5.91 Å². The fourth-order valence-corrected chi connectivity index (χ4v) is 6.38. The minimum atomic E-state index is -0.163. The summed E-state index contributed by atoms with van der Waals surface area (Å²) in [6.45, 7) is 4.25. The molecular formula is C23H26N2O2S2. The van der Waals surface area contributed by atoms with E-state index in [9.17, 15) is 9.59 Å². The van der Waals surface area contributed by atoms with Crippen LogP contribution < -0.4 is 0 Å². The van der Waals surface area contributed by atoms with Gasteiger partial charge in [0, 0.05) is 35.8 Å². The number of piperidine rings is 1. The first-order valence-electron chi connectivity index (χ1n) is 10.1. The first-order valence-corrected chi connectivity index (χ1v) is 12.0. The number of rotatable bonds is 4. The van der Waals surface area contributed by atoms with E-state index in [-0.39, 0.29) is 16.7 Å². The molecule has 2 aromatic carbocycles. The number of likely N-dealkylation sites (tertiary alicyclic amines) is 1. The Morgan fingerprint density at radius 3 is 2.52 bits per heavy atom. The van der Waals surface area contributed by atoms with Crippen LogP contribution >= 0.6 is 23.5 Å². The van der Waals surface area contributed by atoms with E-state index in [4.69, 9.17) is 0 Å². The smallest absolute Gasteiger partial charge is 0.255 e. The first kappa shape index (κ1) is 20.4. The predicted molar refractivity (Wildman–Crippen MR) is 120 cm³/mol. The van der Waals surface area contributed by atoms with E-state index in [0.717, 1.165) is 54.3 Å². The molecule has 4 nitrogen and oxygen atoms in total. The van der Waals surface area contributed by atoms with E-state index >= 15 is 0 Å². The second-order valence-electron chi connectivity index (χ2n) is 7.60. The highest BCUT2D eigenvalue weighted by Gasteiger charge is 2.47. The lowest BCUT2D eigenvalue weighted by atomic mass is 10.0. The highest BCUT2D eigenvalue weighted by molar-refractivity contribution is 8.01. The van der Waals surface area contributed by atoms with Crippen molar-refractivity contribution in [2.75, 3.05) is 31.1 Å². The van der Waals surface area contributed by atoms with E-state index in [2.05, 4.69) is 4.90 Å². The van der Waals surface area contributed by atoms with Crippen molar-refractivity contribution in [1.82, 2.24) is 9.80 Å². The summed E-state index contributed by atoms with van der Waals surface area (Å²) >= 11 is 3.48. The molecule has 0 N–H and O–H groups in total. The second-order valence-corrected chi connectivity index (χ2v) is 10.1. The number of amides is 2. The molecule has 0 bridgehead atoms. The Labute approximate surface area is 181 Å². The molecule has 2 saturated heterocycles. The maximum Gasteiger partial charge on any atom is 0.255 e. The van der Waals surface area contributed by atoms with Gasteiger partial charge in [-0.05, 0) is 44.0 Å². The summed E-state index contributed by atoms with van der Waals surface area (Å²) < 4.78 is 0. The number of thioether (sulfide) groups is 2. The Kier molecular flexibility index (Phi) is 6.20. The van der Waals surface area contributed by atoms with Gasteiger partial charge < -0.3 is 9.80 Å². The molecule has 0 saturated carbocycles. The van der Waals surface area contributed by atoms with Crippen molar-refractivity contribution in [2.45, 2.75) is 29.5 Å². The average Bonchev–Trinajstić information content (AvgIpc) is 3.15. The molecule has 29 heavy (non-hydrogen) atoms. The van der Waals surface area contributed by atoms with E-state index in [1.165, 1.54) is 0 Å². The number of carbonyl (C=O) groups excluding carboxylic acids is 2. The topological polar surface area (TPSA) is 40.6 Å². The summed E-state index contributed by atoms with van der Waals surface area (Å²) in [6.07, 6.45) is 1.69. The van der Waals surface area contributed by atoms with Gasteiger partial charge in [-0.2, -0.15) is 0 Å². The summed E-state index contributed by atoms with van der Waals surface area (Å²) in [7, 11) is 0. The van der Waals surface area contributed by atoms with Crippen LogP contribution in [0.4, 0.5) is 0 Å². The number of carbonyl (C=O) groups is 2. The number of hydrogen-bond donors (Lipinski definition) is 0. The molecular weight excluding hydrogens is 400 g/mol. The van der Waals surface area contributed by atoms with Crippen LogP contribution in [0.25, 0.3) is 0 Å². The van der Waals surface area contributed by atoms with E-state index in [1.807, 2.05) is 78.2 Å². The van der Waals surface area contributed by atoms with Crippen molar-refractivity contribution in [3.63, 3.8) is 0 Å². The molecule has 152 valence electrons. The zero-order chi connectivity index (χ0) is 20.3. The molecule has 0 atom stereocenters. The molecule has 6 heteroatoms. The summed E-state index contributed by atoms with van der Waals surface area (Å²) in [5, 5.41) is 0. The van der Waals surface area contributed by atoms with E-state index in [1.54, 1.807) is 11.8 Å². The monoisotopic (exact) mass is 426 g/mol. The van der Waals surface area contributed by atoms with E-state index < -0.39 is 0 Å². The molecule has 4 rings (SSSR count).